The summed E-state index contributed by atoms with van der Waals surface area (Å²) in [4.78, 5) is 30.5. The first-order valence-electron chi connectivity index (χ1n) is 11.1. The second-order valence-corrected chi connectivity index (χ2v) is 8.76. The quantitative estimate of drug-likeness (QED) is 0.658. The predicted octanol–water partition coefficient (Wildman–Crippen LogP) is 0.848. The molecule has 5 rings (SSSR count). The molecule has 0 spiro atoms. The number of nitrogens with one attached hydrogen (secondary N) is 1. The van der Waals surface area contributed by atoms with Crippen LogP contribution >= 0.6 is 0 Å². The lowest BCUT2D eigenvalue weighted by Gasteiger charge is -2.35. The van der Waals surface area contributed by atoms with E-state index in [0.717, 1.165) is 29.9 Å². The number of nitrogens with zero attached hydrogens (tertiary/aromatic N) is 3. The standard InChI is InChI=1S/C24H28N4O4/c29-21(26-12-14-27(15-13-26)22(30)24(32)8-9-24)18-6-4-17(5-7-18)19-2-1-3-20(16-19)28-11-10-25-23(28)31/h1-7,16,23,25,31-32H,8-15H2. The lowest BCUT2D eigenvalue weighted by molar-refractivity contribution is -0.143. The van der Waals surface area contributed by atoms with Crippen molar-refractivity contribution in [1.29, 1.82) is 0 Å². The van der Waals surface area contributed by atoms with Gasteiger partial charge in [-0.15, -0.1) is 0 Å². The van der Waals surface area contributed by atoms with Crippen LogP contribution in [0.4, 0.5) is 5.69 Å². The van der Waals surface area contributed by atoms with Crippen molar-refractivity contribution in [2.24, 2.45) is 0 Å². The molecule has 1 saturated carbocycles. The van der Waals surface area contributed by atoms with Crippen LogP contribution in [0, 0.1) is 0 Å². The highest BCUT2D eigenvalue weighted by Crippen LogP contribution is 2.37. The zero-order chi connectivity index (χ0) is 22.3. The molecule has 32 heavy (non-hydrogen) atoms. The van der Waals surface area contributed by atoms with Crippen molar-refractivity contribution in [2.75, 3.05) is 44.2 Å². The molecule has 1 unspecified atom stereocenters. The van der Waals surface area contributed by atoms with Gasteiger partial charge < -0.3 is 24.9 Å². The first kappa shape index (κ1) is 20.9. The molecular formula is C24H28N4O4. The molecule has 3 aliphatic rings. The van der Waals surface area contributed by atoms with Crippen LogP contribution < -0.4 is 10.2 Å². The maximum atomic E-state index is 12.9. The third kappa shape index (κ3) is 3.97. The van der Waals surface area contributed by atoms with Gasteiger partial charge in [-0.1, -0.05) is 24.3 Å². The average molecular weight is 437 g/mol. The zero-order valence-electron chi connectivity index (χ0n) is 17.9. The summed E-state index contributed by atoms with van der Waals surface area (Å²) in [5.41, 5.74) is 2.43. The minimum atomic E-state index is -1.15. The Morgan fingerprint density at radius 3 is 2.22 bits per heavy atom. The van der Waals surface area contributed by atoms with E-state index in [0.29, 0.717) is 44.6 Å². The molecule has 1 aliphatic carbocycles. The van der Waals surface area contributed by atoms with Crippen molar-refractivity contribution in [3.05, 3.63) is 54.1 Å². The van der Waals surface area contributed by atoms with E-state index in [-0.39, 0.29) is 11.8 Å². The van der Waals surface area contributed by atoms with E-state index < -0.39 is 12.0 Å². The molecular weight excluding hydrogens is 408 g/mol. The van der Waals surface area contributed by atoms with Crippen LogP contribution in [0.3, 0.4) is 0 Å². The first-order valence-corrected chi connectivity index (χ1v) is 11.1. The molecule has 3 N–H and O–H groups in total. The largest absolute Gasteiger partial charge is 0.380 e. The van der Waals surface area contributed by atoms with Gasteiger partial charge in [-0.25, -0.2) is 0 Å². The summed E-state index contributed by atoms with van der Waals surface area (Å²) in [6, 6.07) is 15.5. The minimum absolute atomic E-state index is 0.0474. The van der Waals surface area contributed by atoms with Crippen molar-refractivity contribution in [2.45, 2.75) is 24.8 Å². The van der Waals surface area contributed by atoms with Gasteiger partial charge in [0.05, 0.1) is 0 Å². The molecule has 3 fully saturated rings. The molecule has 0 radical (unpaired) electrons. The number of aliphatic hydroxyl groups is 2. The second-order valence-electron chi connectivity index (χ2n) is 8.76. The molecule has 2 heterocycles. The fourth-order valence-corrected chi connectivity index (χ4v) is 4.41. The molecule has 0 aromatic heterocycles. The predicted molar refractivity (Wildman–Crippen MR) is 120 cm³/mol. The van der Waals surface area contributed by atoms with E-state index in [9.17, 15) is 19.8 Å². The number of hydrogen-bond donors (Lipinski definition) is 3. The highest BCUT2D eigenvalue weighted by Gasteiger charge is 2.50. The molecule has 2 aliphatic heterocycles. The lowest BCUT2D eigenvalue weighted by atomic mass is 10.0. The van der Waals surface area contributed by atoms with E-state index in [1.165, 1.54) is 0 Å². The van der Waals surface area contributed by atoms with Gasteiger partial charge in [0.15, 0.2) is 6.35 Å². The number of rotatable bonds is 4. The van der Waals surface area contributed by atoms with Crippen LogP contribution in [-0.2, 0) is 4.79 Å². The summed E-state index contributed by atoms with van der Waals surface area (Å²) in [6.07, 6.45) is 0.402. The van der Waals surface area contributed by atoms with Gasteiger partial charge in [0, 0.05) is 50.5 Å². The minimum Gasteiger partial charge on any atom is -0.380 e. The summed E-state index contributed by atoms with van der Waals surface area (Å²) in [6.45, 7) is 3.33. The first-order chi connectivity index (χ1) is 15.4. The van der Waals surface area contributed by atoms with Crippen molar-refractivity contribution < 1.29 is 19.8 Å². The molecule has 8 heteroatoms. The molecule has 1 atom stereocenters. The Labute approximate surface area is 187 Å². The third-order valence-corrected chi connectivity index (χ3v) is 6.59. The summed E-state index contributed by atoms with van der Waals surface area (Å²) >= 11 is 0. The van der Waals surface area contributed by atoms with Crippen LogP contribution in [0.2, 0.25) is 0 Å². The number of carbonyl (C=O) groups is 2. The summed E-state index contributed by atoms with van der Waals surface area (Å²) in [7, 11) is 0. The fourth-order valence-electron chi connectivity index (χ4n) is 4.41. The molecule has 2 aromatic rings. The Morgan fingerprint density at radius 1 is 0.906 bits per heavy atom. The lowest BCUT2D eigenvalue weighted by Crippen LogP contribution is -2.53. The van der Waals surface area contributed by atoms with Crippen LogP contribution in [0.15, 0.2) is 48.5 Å². The monoisotopic (exact) mass is 436 g/mol. The van der Waals surface area contributed by atoms with Gasteiger partial charge in [-0.05, 0) is 48.2 Å². The Kier molecular flexibility index (Phi) is 5.36. The Morgan fingerprint density at radius 2 is 1.59 bits per heavy atom. The highest BCUT2D eigenvalue weighted by atomic mass is 16.3. The van der Waals surface area contributed by atoms with Crippen LogP contribution in [-0.4, -0.2) is 83.0 Å². The van der Waals surface area contributed by atoms with Gasteiger partial charge >= 0.3 is 0 Å². The Bertz CT molecular complexity index is 1010. The zero-order valence-corrected chi connectivity index (χ0v) is 17.9. The molecule has 168 valence electrons. The van der Waals surface area contributed by atoms with Crippen LogP contribution in [0.1, 0.15) is 23.2 Å². The van der Waals surface area contributed by atoms with E-state index >= 15 is 0 Å². The topological polar surface area (TPSA) is 96.4 Å². The number of anilines is 1. The van der Waals surface area contributed by atoms with Crippen molar-refractivity contribution in [1.82, 2.24) is 15.1 Å². The summed E-state index contributed by atoms with van der Waals surface area (Å²) < 4.78 is 0. The molecule has 2 aromatic carbocycles. The number of carbonyl (C=O) groups excluding carboxylic acids is 2. The van der Waals surface area contributed by atoms with E-state index in [1.54, 1.807) is 9.80 Å². The number of benzene rings is 2. The smallest absolute Gasteiger partial charge is 0.254 e. The SMILES string of the molecule is O=C(c1ccc(-c2cccc(N3CCNC3O)c2)cc1)N1CCN(C(=O)C2(O)CC2)CC1. The van der Waals surface area contributed by atoms with Crippen LogP contribution in [0.5, 0.6) is 0 Å². The van der Waals surface area contributed by atoms with Crippen molar-refractivity contribution >= 4 is 17.5 Å². The maximum Gasteiger partial charge on any atom is 0.254 e. The van der Waals surface area contributed by atoms with Gasteiger partial charge in [0.1, 0.15) is 5.60 Å². The summed E-state index contributed by atoms with van der Waals surface area (Å²) in [5, 5.41) is 23.1. The van der Waals surface area contributed by atoms with Crippen LogP contribution in [0.25, 0.3) is 11.1 Å². The Hall–Kier alpha value is -2.94. The van der Waals surface area contributed by atoms with Gasteiger partial charge in [-0.2, -0.15) is 0 Å². The van der Waals surface area contributed by atoms with Gasteiger partial charge in [-0.3, -0.25) is 14.9 Å². The molecule has 2 amide bonds. The fraction of sp³-hybridized carbons (Fsp3) is 0.417. The summed E-state index contributed by atoms with van der Waals surface area (Å²) in [5.74, 6) is -0.248. The molecule has 8 nitrogen and oxygen atoms in total. The normalized spacial score (nSPS) is 22.2. The number of piperazine rings is 1. The molecule has 0 bridgehead atoms. The third-order valence-electron chi connectivity index (χ3n) is 6.59. The number of hydrogen-bond acceptors (Lipinski definition) is 6. The second kappa shape index (κ2) is 8.20. The maximum absolute atomic E-state index is 12.9. The van der Waals surface area contributed by atoms with E-state index in [2.05, 4.69) is 5.32 Å². The van der Waals surface area contributed by atoms with Gasteiger partial charge in [0.2, 0.25) is 0 Å². The number of amides is 2. The van der Waals surface area contributed by atoms with Crippen molar-refractivity contribution in [3.8, 4) is 11.1 Å². The molecule has 2 saturated heterocycles. The van der Waals surface area contributed by atoms with E-state index in [1.807, 2.05) is 53.4 Å². The van der Waals surface area contributed by atoms with Gasteiger partial charge in [0.25, 0.3) is 11.8 Å². The highest BCUT2D eigenvalue weighted by molar-refractivity contribution is 5.95. The number of aliphatic hydroxyl groups excluding tert-OH is 1. The Balaban J connectivity index is 1.23. The van der Waals surface area contributed by atoms with Crippen molar-refractivity contribution in [3.63, 3.8) is 0 Å². The average Bonchev–Trinajstić information content (AvgIpc) is 3.45. The van der Waals surface area contributed by atoms with E-state index in [4.69, 9.17) is 0 Å².